The van der Waals surface area contributed by atoms with Crippen LogP contribution in [0.3, 0.4) is 0 Å². The van der Waals surface area contributed by atoms with E-state index in [9.17, 15) is 4.79 Å². The van der Waals surface area contributed by atoms with Crippen molar-refractivity contribution in [3.8, 4) is 0 Å². The van der Waals surface area contributed by atoms with Crippen LogP contribution in [0.5, 0.6) is 0 Å². The van der Waals surface area contributed by atoms with Crippen LogP contribution in [-0.4, -0.2) is 24.3 Å². The zero-order valence-electron chi connectivity index (χ0n) is 9.35. The highest BCUT2D eigenvalue weighted by molar-refractivity contribution is 5.71. The summed E-state index contributed by atoms with van der Waals surface area (Å²) in [5.74, 6) is -1.03. The molecule has 0 amide bonds. The first-order chi connectivity index (χ1) is 7.68. The summed E-state index contributed by atoms with van der Waals surface area (Å²) in [4.78, 5) is 11.1. The highest BCUT2D eigenvalue weighted by Crippen LogP contribution is 2.31. The fraction of sp³-hybridized carbons (Fsp3) is 0.462. The molecular formula is C13H16O3. The van der Waals surface area contributed by atoms with Gasteiger partial charge in [-0.2, -0.15) is 0 Å². The Morgan fingerprint density at radius 3 is 2.69 bits per heavy atom. The third-order valence-corrected chi connectivity index (χ3v) is 3.18. The van der Waals surface area contributed by atoms with Crippen LogP contribution in [0.4, 0.5) is 0 Å². The van der Waals surface area contributed by atoms with Gasteiger partial charge in [0.1, 0.15) is 0 Å². The Labute approximate surface area is 95.0 Å². The van der Waals surface area contributed by atoms with Crippen molar-refractivity contribution in [3.63, 3.8) is 0 Å². The zero-order valence-corrected chi connectivity index (χ0v) is 9.35. The van der Waals surface area contributed by atoms with Gasteiger partial charge in [-0.3, -0.25) is 4.79 Å². The Hall–Kier alpha value is -1.35. The lowest BCUT2D eigenvalue weighted by Crippen LogP contribution is -2.31. The lowest BCUT2D eigenvalue weighted by Gasteiger charge is -2.29. The van der Waals surface area contributed by atoms with Gasteiger partial charge in [0, 0.05) is 12.5 Å². The Kier molecular flexibility index (Phi) is 3.25. The first-order valence-electron chi connectivity index (χ1n) is 5.55. The van der Waals surface area contributed by atoms with E-state index in [0.29, 0.717) is 19.6 Å². The molecule has 1 aliphatic rings. The summed E-state index contributed by atoms with van der Waals surface area (Å²) in [7, 11) is 0. The molecule has 0 aliphatic carbocycles. The summed E-state index contributed by atoms with van der Waals surface area (Å²) in [5.41, 5.74) is 2.25. The monoisotopic (exact) mass is 220 g/mol. The minimum Gasteiger partial charge on any atom is -0.481 e. The number of benzene rings is 1. The Balaban J connectivity index is 2.23. The lowest BCUT2D eigenvalue weighted by atomic mass is 9.83. The van der Waals surface area contributed by atoms with Crippen molar-refractivity contribution in [2.45, 2.75) is 19.3 Å². The second-order valence-electron chi connectivity index (χ2n) is 4.33. The second-order valence-corrected chi connectivity index (χ2v) is 4.33. The number of hydrogen-bond acceptors (Lipinski definition) is 2. The molecule has 1 aromatic rings. The quantitative estimate of drug-likeness (QED) is 0.831. The van der Waals surface area contributed by atoms with Crippen LogP contribution in [0, 0.1) is 12.8 Å². The van der Waals surface area contributed by atoms with Gasteiger partial charge in [0.15, 0.2) is 0 Å². The molecule has 3 nitrogen and oxygen atoms in total. The maximum Gasteiger partial charge on any atom is 0.307 e. The largest absolute Gasteiger partial charge is 0.481 e. The molecule has 1 saturated heterocycles. The van der Waals surface area contributed by atoms with E-state index >= 15 is 0 Å². The van der Waals surface area contributed by atoms with Crippen molar-refractivity contribution in [1.29, 1.82) is 0 Å². The number of hydrogen-bond donors (Lipinski definition) is 1. The average molecular weight is 220 g/mol. The lowest BCUT2D eigenvalue weighted by molar-refractivity contribution is -0.146. The van der Waals surface area contributed by atoms with E-state index in [-0.39, 0.29) is 11.8 Å². The van der Waals surface area contributed by atoms with Gasteiger partial charge in [-0.15, -0.1) is 0 Å². The number of carboxylic acid groups (broad SMARTS) is 1. The highest BCUT2D eigenvalue weighted by atomic mass is 16.5. The molecule has 0 spiro atoms. The molecule has 2 rings (SSSR count). The summed E-state index contributed by atoms with van der Waals surface area (Å²) < 4.78 is 5.38. The van der Waals surface area contributed by atoms with Gasteiger partial charge >= 0.3 is 5.97 Å². The maximum atomic E-state index is 11.1. The normalized spacial score (nSPS) is 25.3. The summed E-state index contributed by atoms with van der Waals surface area (Å²) in [6.07, 6.45) is 0.605. The van der Waals surface area contributed by atoms with E-state index in [1.54, 1.807) is 0 Å². The number of carboxylic acids is 1. The number of carbonyl (C=O) groups is 1. The summed E-state index contributed by atoms with van der Waals surface area (Å²) in [5, 5.41) is 9.17. The smallest absolute Gasteiger partial charge is 0.307 e. The highest BCUT2D eigenvalue weighted by Gasteiger charge is 2.32. The predicted molar refractivity (Wildman–Crippen MR) is 60.5 cm³/mol. The summed E-state index contributed by atoms with van der Waals surface area (Å²) in [6.45, 7) is 3.09. The molecule has 2 atom stereocenters. The Morgan fingerprint density at radius 1 is 1.38 bits per heavy atom. The van der Waals surface area contributed by atoms with Crippen molar-refractivity contribution in [1.82, 2.24) is 0 Å². The molecule has 2 unspecified atom stereocenters. The third kappa shape index (κ3) is 2.25. The van der Waals surface area contributed by atoms with Crippen LogP contribution >= 0.6 is 0 Å². The number of rotatable bonds is 2. The van der Waals surface area contributed by atoms with Crippen LogP contribution in [0.25, 0.3) is 0 Å². The molecule has 0 radical (unpaired) electrons. The topological polar surface area (TPSA) is 46.5 Å². The molecule has 1 N–H and O–H groups in total. The van der Waals surface area contributed by atoms with E-state index in [0.717, 1.165) is 5.56 Å². The molecule has 1 heterocycles. The molecule has 16 heavy (non-hydrogen) atoms. The van der Waals surface area contributed by atoms with Crippen molar-refractivity contribution in [3.05, 3.63) is 35.4 Å². The first kappa shape index (κ1) is 11.1. The maximum absolute atomic E-state index is 11.1. The van der Waals surface area contributed by atoms with Crippen molar-refractivity contribution in [2.75, 3.05) is 13.2 Å². The van der Waals surface area contributed by atoms with Crippen LogP contribution in [0.15, 0.2) is 24.3 Å². The van der Waals surface area contributed by atoms with Gasteiger partial charge in [0.05, 0.1) is 12.5 Å². The first-order valence-corrected chi connectivity index (χ1v) is 5.55. The predicted octanol–water partition coefficient (Wildman–Crippen LogP) is 2.20. The molecule has 1 fully saturated rings. The SMILES string of the molecule is Cc1ccc(C2COCCC2C(=O)O)cc1. The van der Waals surface area contributed by atoms with Gasteiger partial charge in [-0.05, 0) is 18.9 Å². The summed E-state index contributed by atoms with van der Waals surface area (Å²) >= 11 is 0. The van der Waals surface area contributed by atoms with Gasteiger partial charge in [0.2, 0.25) is 0 Å². The molecular weight excluding hydrogens is 204 g/mol. The van der Waals surface area contributed by atoms with Gasteiger partial charge in [0.25, 0.3) is 0 Å². The van der Waals surface area contributed by atoms with Gasteiger partial charge in [-0.25, -0.2) is 0 Å². The average Bonchev–Trinajstić information content (AvgIpc) is 2.30. The fourth-order valence-electron chi connectivity index (χ4n) is 2.18. The fourth-order valence-corrected chi connectivity index (χ4v) is 2.18. The van der Waals surface area contributed by atoms with E-state index in [1.165, 1.54) is 5.56 Å². The molecule has 3 heteroatoms. The van der Waals surface area contributed by atoms with E-state index in [2.05, 4.69) is 0 Å². The molecule has 1 aromatic carbocycles. The minimum absolute atomic E-state index is 0.00755. The number of aryl methyl sites for hydroxylation is 1. The van der Waals surface area contributed by atoms with Crippen molar-refractivity contribution >= 4 is 5.97 Å². The number of aliphatic carboxylic acids is 1. The van der Waals surface area contributed by atoms with E-state index < -0.39 is 5.97 Å². The van der Waals surface area contributed by atoms with Crippen LogP contribution in [0.2, 0.25) is 0 Å². The summed E-state index contributed by atoms with van der Waals surface area (Å²) in [6, 6.07) is 8.04. The van der Waals surface area contributed by atoms with Crippen LogP contribution in [-0.2, 0) is 9.53 Å². The molecule has 86 valence electrons. The Bertz CT molecular complexity index is 369. The molecule has 0 aromatic heterocycles. The van der Waals surface area contributed by atoms with Crippen molar-refractivity contribution in [2.24, 2.45) is 5.92 Å². The second kappa shape index (κ2) is 4.66. The molecule has 1 aliphatic heterocycles. The molecule has 0 saturated carbocycles. The third-order valence-electron chi connectivity index (χ3n) is 3.18. The molecule has 0 bridgehead atoms. The van der Waals surface area contributed by atoms with E-state index in [1.807, 2.05) is 31.2 Å². The Morgan fingerprint density at radius 2 is 2.06 bits per heavy atom. The minimum atomic E-state index is -0.714. The van der Waals surface area contributed by atoms with Crippen LogP contribution in [0.1, 0.15) is 23.5 Å². The van der Waals surface area contributed by atoms with Gasteiger partial charge < -0.3 is 9.84 Å². The van der Waals surface area contributed by atoms with Crippen molar-refractivity contribution < 1.29 is 14.6 Å². The van der Waals surface area contributed by atoms with Gasteiger partial charge in [-0.1, -0.05) is 29.8 Å². The van der Waals surface area contributed by atoms with E-state index in [4.69, 9.17) is 9.84 Å². The zero-order chi connectivity index (χ0) is 11.5. The van der Waals surface area contributed by atoms with Crippen LogP contribution < -0.4 is 0 Å². The standard InChI is InChI=1S/C13H16O3/c1-9-2-4-10(5-3-9)12-8-16-7-6-11(12)13(14)15/h2-5,11-12H,6-8H2,1H3,(H,14,15). The number of ether oxygens (including phenoxy) is 1.